The fraction of sp³-hybridized carbons (Fsp3) is 0.278. The number of nitrogens with one attached hydrogen (secondary N) is 1. The van der Waals surface area contributed by atoms with Gasteiger partial charge in [-0.3, -0.25) is 4.79 Å². The summed E-state index contributed by atoms with van der Waals surface area (Å²) >= 11 is 0. The molecule has 1 amide bonds. The predicted octanol–water partition coefficient (Wildman–Crippen LogP) is 2.95. The molecule has 3 nitrogen and oxygen atoms in total. The lowest BCUT2D eigenvalue weighted by Crippen LogP contribution is -2.25. The van der Waals surface area contributed by atoms with Crippen molar-refractivity contribution in [2.75, 3.05) is 0 Å². The van der Waals surface area contributed by atoms with Gasteiger partial charge in [0.05, 0.1) is 0 Å². The van der Waals surface area contributed by atoms with Crippen molar-refractivity contribution < 1.29 is 4.79 Å². The van der Waals surface area contributed by atoms with Crippen LogP contribution in [0, 0.1) is 0 Å². The van der Waals surface area contributed by atoms with Gasteiger partial charge in [0, 0.05) is 18.2 Å². The molecule has 0 aromatic heterocycles. The summed E-state index contributed by atoms with van der Waals surface area (Å²) < 4.78 is 0. The SMILES string of the molecule is NC(=O)c1cccc(CN[C@@H]2CCCc3ccccc32)c1. The third-order valence-corrected chi connectivity index (χ3v) is 4.13. The number of hydrogen-bond donors (Lipinski definition) is 2. The number of carbonyl (C=O) groups excluding carboxylic acids is 1. The zero-order chi connectivity index (χ0) is 14.7. The van der Waals surface area contributed by atoms with Gasteiger partial charge in [0.1, 0.15) is 0 Å². The highest BCUT2D eigenvalue weighted by molar-refractivity contribution is 5.92. The Kier molecular flexibility index (Phi) is 4.02. The molecule has 1 aliphatic carbocycles. The molecule has 3 rings (SSSR count). The average Bonchev–Trinajstić information content (AvgIpc) is 2.53. The van der Waals surface area contributed by atoms with E-state index in [-0.39, 0.29) is 5.91 Å². The lowest BCUT2D eigenvalue weighted by atomic mass is 9.87. The van der Waals surface area contributed by atoms with Gasteiger partial charge in [-0.2, -0.15) is 0 Å². The fourth-order valence-corrected chi connectivity index (χ4v) is 3.04. The van der Waals surface area contributed by atoms with E-state index < -0.39 is 0 Å². The van der Waals surface area contributed by atoms with Crippen LogP contribution in [0.4, 0.5) is 0 Å². The molecule has 2 aromatic rings. The van der Waals surface area contributed by atoms with E-state index in [9.17, 15) is 4.79 Å². The summed E-state index contributed by atoms with van der Waals surface area (Å²) in [6.45, 7) is 0.750. The zero-order valence-corrected chi connectivity index (χ0v) is 12.0. The van der Waals surface area contributed by atoms with E-state index in [1.54, 1.807) is 6.07 Å². The van der Waals surface area contributed by atoms with Crippen LogP contribution in [-0.4, -0.2) is 5.91 Å². The number of fused-ring (bicyclic) bond motifs is 1. The van der Waals surface area contributed by atoms with Gasteiger partial charge in [0.15, 0.2) is 0 Å². The topological polar surface area (TPSA) is 55.1 Å². The molecule has 0 radical (unpaired) electrons. The molecular formula is C18H20N2O. The van der Waals surface area contributed by atoms with Crippen LogP contribution >= 0.6 is 0 Å². The summed E-state index contributed by atoms with van der Waals surface area (Å²) in [6, 6.07) is 16.6. The van der Waals surface area contributed by atoms with E-state index in [1.807, 2.05) is 18.2 Å². The minimum Gasteiger partial charge on any atom is -0.366 e. The Balaban J connectivity index is 1.71. The average molecular weight is 280 g/mol. The van der Waals surface area contributed by atoms with Gasteiger partial charge in [0.25, 0.3) is 0 Å². The van der Waals surface area contributed by atoms with Crippen LogP contribution in [0.3, 0.4) is 0 Å². The van der Waals surface area contributed by atoms with Crippen LogP contribution in [0.5, 0.6) is 0 Å². The number of rotatable bonds is 4. The molecule has 0 unspecified atom stereocenters. The second kappa shape index (κ2) is 6.10. The first kappa shape index (κ1) is 13.8. The summed E-state index contributed by atoms with van der Waals surface area (Å²) in [4.78, 5) is 11.2. The minimum absolute atomic E-state index is 0.375. The Labute approximate surface area is 125 Å². The second-order valence-corrected chi connectivity index (χ2v) is 5.59. The van der Waals surface area contributed by atoms with Crippen molar-refractivity contribution in [1.82, 2.24) is 5.32 Å². The quantitative estimate of drug-likeness (QED) is 0.904. The number of carbonyl (C=O) groups is 1. The molecule has 2 aromatic carbocycles. The summed E-state index contributed by atoms with van der Waals surface area (Å²) in [5.74, 6) is -0.375. The molecule has 3 heteroatoms. The maximum atomic E-state index is 11.2. The van der Waals surface area contributed by atoms with E-state index >= 15 is 0 Å². The van der Waals surface area contributed by atoms with Crippen LogP contribution < -0.4 is 11.1 Å². The minimum atomic E-state index is -0.375. The van der Waals surface area contributed by atoms with Crippen molar-refractivity contribution in [1.29, 1.82) is 0 Å². The predicted molar refractivity (Wildman–Crippen MR) is 83.9 cm³/mol. The Morgan fingerprint density at radius 3 is 2.90 bits per heavy atom. The highest BCUT2D eigenvalue weighted by Crippen LogP contribution is 2.29. The van der Waals surface area contributed by atoms with Gasteiger partial charge in [-0.15, -0.1) is 0 Å². The van der Waals surface area contributed by atoms with E-state index in [2.05, 4.69) is 29.6 Å². The molecule has 0 heterocycles. The Bertz CT molecular complexity index is 651. The van der Waals surface area contributed by atoms with Crippen LogP contribution in [0.2, 0.25) is 0 Å². The Morgan fingerprint density at radius 1 is 1.19 bits per heavy atom. The largest absolute Gasteiger partial charge is 0.366 e. The first-order valence-electron chi connectivity index (χ1n) is 7.44. The maximum absolute atomic E-state index is 11.2. The molecule has 21 heavy (non-hydrogen) atoms. The van der Waals surface area contributed by atoms with Crippen molar-refractivity contribution in [2.24, 2.45) is 5.73 Å². The highest BCUT2D eigenvalue weighted by atomic mass is 16.1. The molecule has 0 spiro atoms. The molecule has 0 saturated carbocycles. The zero-order valence-electron chi connectivity index (χ0n) is 12.0. The van der Waals surface area contributed by atoms with E-state index in [4.69, 9.17) is 5.73 Å². The van der Waals surface area contributed by atoms with Gasteiger partial charge in [-0.05, 0) is 48.1 Å². The molecule has 3 N–H and O–H groups in total. The summed E-state index contributed by atoms with van der Waals surface area (Å²) in [6.07, 6.45) is 3.55. The van der Waals surface area contributed by atoms with Crippen LogP contribution in [0.1, 0.15) is 45.9 Å². The lowest BCUT2D eigenvalue weighted by Gasteiger charge is -2.26. The first-order valence-corrected chi connectivity index (χ1v) is 7.44. The molecular weight excluding hydrogens is 260 g/mol. The van der Waals surface area contributed by atoms with Crippen molar-refractivity contribution >= 4 is 5.91 Å². The summed E-state index contributed by atoms with van der Waals surface area (Å²) in [5, 5.41) is 3.61. The molecule has 108 valence electrons. The molecule has 0 bridgehead atoms. The number of aryl methyl sites for hydroxylation is 1. The first-order chi connectivity index (χ1) is 10.2. The third kappa shape index (κ3) is 3.14. The maximum Gasteiger partial charge on any atom is 0.248 e. The number of hydrogen-bond acceptors (Lipinski definition) is 2. The smallest absolute Gasteiger partial charge is 0.248 e. The molecule has 0 fully saturated rings. The monoisotopic (exact) mass is 280 g/mol. The van der Waals surface area contributed by atoms with Gasteiger partial charge < -0.3 is 11.1 Å². The van der Waals surface area contributed by atoms with Crippen molar-refractivity contribution in [2.45, 2.75) is 31.8 Å². The molecule has 1 atom stereocenters. The second-order valence-electron chi connectivity index (χ2n) is 5.59. The molecule has 1 aliphatic rings. The number of primary amides is 1. The van der Waals surface area contributed by atoms with E-state index in [1.165, 1.54) is 24.0 Å². The van der Waals surface area contributed by atoms with E-state index in [0.717, 1.165) is 18.5 Å². The summed E-state index contributed by atoms with van der Waals surface area (Å²) in [5.41, 5.74) is 9.85. The normalized spacial score (nSPS) is 17.2. The molecule has 0 aliphatic heterocycles. The van der Waals surface area contributed by atoms with Crippen LogP contribution in [-0.2, 0) is 13.0 Å². The van der Waals surface area contributed by atoms with Crippen molar-refractivity contribution in [3.8, 4) is 0 Å². The Hall–Kier alpha value is -2.13. The van der Waals surface area contributed by atoms with Crippen molar-refractivity contribution in [3.63, 3.8) is 0 Å². The molecule has 0 saturated heterocycles. The van der Waals surface area contributed by atoms with Gasteiger partial charge in [-0.1, -0.05) is 36.4 Å². The van der Waals surface area contributed by atoms with Gasteiger partial charge in [-0.25, -0.2) is 0 Å². The third-order valence-electron chi connectivity index (χ3n) is 4.13. The standard InChI is InChI=1S/C18H20N2O/c19-18(21)15-8-3-5-13(11-15)12-20-17-10-4-7-14-6-1-2-9-16(14)17/h1-3,5-6,8-9,11,17,20H,4,7,10,12H2,(H2,19,21)/t17-/m1/s1. The van der Waals surface area contributed by atoms with Crippen molar-refractivity contribution in [3.05, 3.63) is 70.8 Å². The fourth-order valence-electron chi connectivity index (χ4n) is 3.04. The number of benzene rings is 2. The van der Waals surface area contributed by atoms with Gasteiger partial charge >= 0.3 is 0 Å². The number of amides is 1. The van der Waals surface area contributed by atoms with Crippen LogP contribution in [0.15, 0.2) is 48.5 Å². The van der Waals surface area contributed by atoms with E-state index in [0.29, 0.717) is 11.6 Å². The van der Waals surface area contributed by atoms with Crippen LogP contribution in [0.25, 0.3) is 0 Å². The Morgan fingerprint density at radius 2 is 2.05 bits per heavy atom. The van der Waals surface area contributed by atoms with Gasteiger partial charge in [0.2, 0.25) is 5.91 Å². The summed E-state index contributed by atoms with van der Waals surface area (Å²) in [7, 11) is 0. The highest BCUT2D eigenvalue weighted by Gasteiger charge is 2.18. The lowest BCUT2D eigenvalue weighted by molar-refractivity contribution is 0.1000. The number of nitrogens with two attached hydrogens (primary N) is 1.